The van der Waals surface area contributed by atoms with E-state index in [4.69, 9.17) is 10.7 Å². The molecule has 1 aromatic carbocycles. The van der Waals surface area contributed by atoms with Crippen LogP contribution in [0.4, 0.5) is 0 Å². The molecule has 0 spiro atoms. The molecule has 13 heavy (non-hydrogen) atoms. The van der Waals surface area contributed by atoms with Crippen LogP contribution in [-0.2, 0) is 15.8 Å². The zero-order valence-electron chi connectivity index (χ0n) is 8.00. The highest BCUT2D eigenvalue weighted by Gasteiger charge is 2.15. The molecule has 3 heteroatoms. The summed E-state index contributed by atoms with van der Waals surface area (Å²) in [5.41, 5.74) is 1.35. The van der Waals surface area contributed by atoms with Gasteiger partial charge < -0.3 is 4.55 Å². The van der Waals surface area contributed by atoms with Crippen molar-refractivity contribution >= 4 is 21.1 Å². The Balaban J connectivity index is 2.94. The standard InChI is InChI=1S/C10H13ClOS/c1-10(2,3)8-4-6-9(7-5-8)13(11)12/h4-7H,1-3H3. The van der Waals surface area contributed by atoms with Gasteiger partial charge in [0.2, 0.25) is 0 Å². The van der Waals surface area contributed by atoms with E-state index in [9.17, 15) is 4.55 Å². The minimum Gasteiger partial charge on any atom is -0.594 e. The van der Waals surface area contributed by atoms with Crippen molar-refractivity contribution in [3.05, 3.63) is 29.8 Å². The highest BCUT2D eigenvalue weighted by molar-refractivity contribution is 8.13. The van der Waals surface area contributed by atoms with Gasteiger partial charge in [0.25, 0.3) is 0 Å². The Kier molecular flexibility index (Phi) is 3.28. The summed E-state index contributed by atoms with van der Waals surface area (Å²) in [5.74, 6) is 0. The summed E-state index contributed by atoms with van der Waals surface area (Å²) < 4.78 is 10.9. The summed E-state index contributed by atoms with van der Waals surface area (Å²) in [6.45, 7) is 6.42. The topological polar surface area (TPSA) is 23.1 Å². The Morgan fingerprint density at radius 3 is 1.92 bits per heavy atom. The molecule has 0 bridgehead atoms. The highest BCUT2D eigenvalue weighted by Crippen LogP contribution is 2.24. The number of benzene rings is 1. The van der Waals surface area contributed by atoms with Crippen molar-refractivity contribution in [1.82, 2.24) is 0 Å². The van der Waals surface area contributed by atoms with E-state index in [0.29, 0.717) is 4.90 Å². The smallest absolute Gasteiger partial charge is 0.181 e. The van der Waals surface area contributed by atoms with Crippen LogP contribution in [-0.4, -0.2) is 4.55 Å². The van der Waals surface area contributed by atoms with Crippen LogP contribution in [0, 0.1) is 0 Å². The summed E-state index contributed by atoms with van der Waals surface area (Å²) >= 11 is 0. The van der Waals surface area contributed by atoms with Gasteiger partial charge in [0, 0.05) is 0 Å². The third kappa shape index (κ3) is 2.90. The molecule has 1 unspecified atom stereocenters. The Hall–Kier alpha value is -0.180. The van der Waals surface area contributed by atoms with Crippen LogP contribution in [0.2, 0.25) is 0 Å². The highest BCUT2D eigenvalue weighted by atomic mass is 35.7. The van der Waals surface area contributed by atoms with Gasteiger partial charge in [-0.2, -0.15) is 0 Å². The predicted octanol–water partition coefficient (Wildman–Crippen LogP) is 3.25. The van der Waals surface area contributed by atoms with E-state index in [1.807, 2.05) is 24.3 Å². The van der Waals surface area contributed by atoms with Gasteiger partial charge in [0.05, 0.1) is 0 Å². The molecule has 0 heterocycles. The molecule has 1 aromatic rings. The molecule has 0 amide bonds. The van der Waals surface area contributed by atoms with Gasteiger partial charge in [-0.1, -0.05) is 32.9 Å². The summed E-state index contributed by atoms with van der Waals surface area (Å²) in [6, 6.07) is 7.55. The molecule has 1 nitrogen and oxygen atoms in total. The van der Waals surface area contributed by atoms with Crippen molar-refractivity contribution in [2.45, 2.75) is 31.1 Å². The zero-order chi connectivity index (χ0) is 10.1. The summed E-state index contributed by atoms with van der Waals surface area (Å²) in [4.78, 5) is 0.662. The third-order valence-corrected chi connectivity index (χ3v) is 3.08. The van der Waals surface area contributed by atoms with Crippen LogP contribution >= 0.6 is 10.7 Å². The second kappa shape index (κ2) is 3.91. The van der Waals surface area contributed by atoms with Crippen molar-refractivity contribution in [2.75, 3.05) is 0 Å². The maximum absolute atomic E-state index is 10.9. The summed E-state index contributed by atoms with van der Waals surface area (Å²) in [7, 11) is 4.05. The van der Waals surface area contributed by atoms with Crippen molar-refractivity contribution < 1.29 is 4.55 Å². The van der Waals surface area contributed by atoms with Crippen LogP contribution in [0.5, 0.6) is 0 Å². The Morgan fingerprint density at radius 2 is 1.62 bits per heavy atom. The largest absolute Gasteiger partial charge is 0.594 e. The zero-order valence-corrected chi connectivity index (χ0v) is 9.58. The molecule has 0 N–H and O–H groups in total. The Labute approximate surface area is 86.8 Å². The van der Waals surface area contributed by atoms with Crippen molar-refractivity contribution in [2.24, 2.45) is 0 Å². The van der Waals surface area contributed by atoms with E-state index in [1.165, 1.54) is 5.56 Å². The quantitative estimate of drug-likeness (QED) is 0.661. The van der Waals surface area contributed by atoms with Crippen LogP contribution in [0.25, 0.3) is 0 Å². The fraction of sp³-hybridized carbons (Fsp3) is 0.400. The van der Waals surface area contributed by atoms with Crippen LogP contribution in [0.15, 0.2) is 29.2 Å². The minimum atomic E-state index is -1.39. The molecule has 0 aliphatic heterocycles. The average molecular weight is 217 g/mol. The maximum atomic E-state index is 10.9. The van der Waals surface area contributed by atoms with E-state index < -0.39 is 10.4 Å². The number of rotatable bonds is 1. The lowest BCUT2D eigenvalue weighted by atomic mass is 9.87. The van der Waals surface area contributed by atoms with Crippen molar-refractivity contribution in [3.63, 3.8) is 0 Å². The van der Waals surface area contributed by atoms with E-state index in [2.05, 4.69) is 20.8 Å². The molecule has 0 aliphatic carbocycles. The fourth-order valence-electron chi connectivity index (χ4n) is 1.06. The fourth-order valence-corrected chi connectivity index (χ4v) is 1.72. The Morgan fingerprint density at radius 1 is 1.15 bits per heavy atom. The maximum Gasteiger partial charge on any atom is 0.181 e. The van der Waals surface area contributed by atoms with Gasteiger partial charge in [0.1, 0.15) is 10.4 Å². The second-order valence-electron chi connectivity index (χ2n) is 4.00. The molecule has 0 saturated carbocycles. The van der Waals surface area contributed by atoms with Crippen LogP contribution in [0.3, 0.4) is 0 Å². The van der Waals surface area contributed by atoms with Gasteiger partial charge in [-0.15, -0.1) is 0 Å². The molecule has 72 valence electrons. The minimum absolute atomic E-state index is 0.131. The van der Waals surface area contributed by atoms with Gasteiger partial charge in [-0.3, -0.25) is 0 Å². The van der Waals surface area contributed by atoms with Crippen molar-refractivity contribution in [3.8, 4) is 0 Å². The molecule has 0 radical (unpaired) electrons. The lowest BCUT2D eigenvalue weighted by Crippen LogP contribution is -2.10. The van der Waals surface area contributed by atoms with E-state index in [-0.39, 0.29) is 5.41 Å². The van der Waals surface area contributed by atoms with Gasteiger partial charge in [-0.25, -0.2) is 0 Å². The first-order chi connectivity index (χ1) is 5.91. The lowest BCUT2D eigenvalue weighted by Gasteiger charge is -2.18. The van der Waals surface area contributed by atoms with Crippen LogP contribution < -0.4 is 0 Å². The number of hydrogen-bond donors (Lipinski definition) is 0. The second-order valence-corrected chi connectivity index (χ2v) is 5.76. The normalized spacial score (nSPS) is 14.2. The molecular weight excluding hydrogens is 204 g/mol. The summed E-state index contributed by atoms with van der Waals surface area (Å²) in [5, 5.41) is 0. The average Bonchev–Trinajstić information content (AvgIpc) is 2.03. The SMILES string of the molecule is CC(C)(C)c1ccc([S+]([O-])Cl)cc1. The monoisotopic (exact) mass is 216 g/mol. The Bertz CT molecular complexity index is 274. The summed E-state index contributed by atoms with van der Waals surface area (Å²) in [6.07, 6.45) is 0. The molecule has 1 atom stereocenters. The first-order valence-corrected chi connectivity index (χ1v) is 6.07. The molecule has 0 aromatic heterocycles. The third-order valence-electron chi connectivity index (χ3n) is 1.91. The first-order valence-electron chi connectivity index (χ1n) is 4.10. The van der Waals surface area contributed by atoms with Gasteiger partial charge in [0.15, 0.2) is 15.6 Å². The molecule has 0 fully saturated rings. The molecule has 0 aliphatic rings. The molecular formula is C10H13ClOS. The van der Waals surface area contributed by atoms with Gasteiger partial charge >= 0.3 is 0 Å². The van der Waals surface area contributed by atoms with Crippen molar-refractivity contribution in [1.29, 1.82) is 0 Å². The predicted molar refractivity (Wildman–Crippen MR) is 57.4 cm³/mol. The van der Waals surface area contributed by atoms with E-state index in [1.54, 1.807) is 0 Å². The lowest BCUT2D eigenvalue weighted by molar-refractivity contribution is 0.588. The van der Waals surface area contributed by atoms with E-state index >= 15 is 0 Å². The van der Waals surface area contributed by atoms with Crippen LogP contribution in [0.1, 0.15) is 26.3 Å². The first kappa shape index (κ1) is 10.9. The van der Waals surface area contributed by atoms with E-state index in [0.717, 1.165) is 0 Å². The molecule has 1 rings (SSSR count). The number of halogens is 1. The molecule has 0 saturated heterocycles. The number of hydrogen-bond acceptors (Lipinski definition) is 1. The van der Waals surface area contributed by atoms with Gasteiger partial charge in [-0.05, 0) is 23.1 Å².